The summed E-state index contributed by atoms with van der Waals surface area (Å²) < 4.78 is 12.6. The zero-order chi connectivity index (χ0) is 19.6. The number of halogens is 2. The third kappa shape index (κ3) is 7.01. The summed E-state index contributed by atoms with van der Waals surface area (Å²) in [5, 5.41) is 7.96. The fourth-order valence-electron chi connectivity index (χ4n) is 2.17. The van der Waals surface area contributed by atoms with Gasteiger partial charge in [0.15, 0.2) is 16.6 Å². The van der Waals surface area contributed by atoms with Gasteiger partial charge in [-0.25, -0.2) is 0 Å². The maximum Gasteiger partial charge on any atom is 0.186 e. The van der Waals surface area contributed by atoms with Crippen molar-refractivity contribution in [2.24, 2.45) is 5.10 Å². The Morgan fingerprint density at radius 1 is 1.22 bits per heavy atom. The van der Waals surface area contributed by atoms with Gasteiger partial charge in [0.05, 0.1) is 17.8 Å². The fraction of sp³-hybridized carbons (Fsp3) is 0.263. The highest BCUT2D eigenvalue weighted by Gasteiger charge is 2.12. The number of hydrogen-bond donors (Lipinski definition) is 2. The van der Waals surface area contributed by atoms with Gasteiger partial charge in [-0.05, 0) is 61.5 Å². The minimum atomic E-state index is 0.388. The molecular weight excluding hydrogens is 450 g/mol. The molecule has 0 saturated heterocycles. The van der Waals surface area contributed by atoms with Gasteiger partial charge in [-0.2, -0.15) is 5.10 Å². The van der Waals surface area contributed by atoms with Crippen molar-refractivity contribution in [1.82, 2.24) is 10.7 Å². The Bertz CT molecular complexity index is 800. The summed E-state index contributed by atoms with van der Waals surface area (Å²) >= 11 is 14.9. The second-order valence-electron chi connectivity index (χ2n) is 5.41. The highest BCUT2D eigenvalue weighted by Crippen LogP contribution is 2.37. The van der Waals surface area contributed by atoms with Crippen LogP contribution in [-0.4, -0.2) is 24.5 Å². The predicted molar refractivity (Wildman–Crippen MR) is 118 cm³/mol. The Morgan fingerprint density at radius 3 is 2.63 bits per heavy atom. The van der Waals surface area contributed by atoms with E-state index in [-0.39, 0.29) is 0 Å². The van der Waals surface area contributed by atoms with Crippen molar-refractivity contribution in [3.63, 3.8) is 0 Å². The van der Waals surface area contributed by atoms with Crippen LogP contribution in [0.2, 0.25) is 5.02 Å². The average molecular weight is 471 g/mol. The minimum Gasteiger partial charge on any atom is -0.490 e. The summed E-state index contributed by atoms with van der Waals surface area (Å²) in [7, 11) is 0. The topological polar surface area (TPSA) is 54.9 Å². The Kier molecular flexibility index (Phi) is 8.84. The molecule has 0 aliphatic carbocycles. The van der Waals surface area contributed by atoms with Gasteiger partial charge in [-0.1, -0.05) is 39.7 Å². The maximum atomic E-state index is 6.42. The van der Waals surface area contributed by atoms with Gasteiger partial charge in [-0.15, -0.1) is 0 Å². The third-order valence-electron chi connectivity index (χ3n) is 3.35. The van der Waals surface area contributed by atoms with Gasteiger partial charge in [0.2, 0.25) is 0 Å². The SMILES string of the molecule is CCNC(=S)NN=Cc1cc(Cl)c(OCc2ccc(Br)cc2)c(OCC)c1. The minimum absolute atomic E-state index is 0.388. The van der Waals surface area contributed by atoms with Gasteiger partial charge >= 0.3 is 0 Å². The molecule has 0 aromatic heterocycles. The van der Waals surface area contributed by atoms with Crippen LogP contribution >= 0.6 is 39.7 Å². The highest BCUT2D eigenvalue weighted by molar-refractivity contribution is 9.10. The molecule has 0 aliphatic rings. The molecule has 0 radical (unpaired) electrons. The molecule has 0 atom stereocenters. The number of hydrogen-bond acceptors (Lipinski definition) is 4. The molecule has 0 heterocycles. The molecular formula is C19H21BrClN3O2S. The predicted octanol–water partition coefficient (Wildman–Crippen LogP) is 4.90. The molecule has 0 bridgehead atoms. The first-order chi connectivity index (χ1) is 13.0. The van der Waals surface area contributed by atoms with Crippen LogP contribution in [0.1, 0.15) is 25.0 Å². The molecule has 0 fully saturated rings. The van der Waals surface area contributed by atoms with Crippen molar-refractivity contribution < 1.29 is 9.47 Å². The van der Waals surface area contributed by atoms with E-state index in [0.29, 0.717) is 34.8 Å². The molecule has 2 aromatic rings. The molecule has 2 N–H and O–H groups in total. The largest absolute Gasteiger partial charge is 0.490 e. The Hall–Kier alpha value is -1.83. The zero-order valence-electron chi connectivity index (χ0n) is 15.1. The molecule has 144 valence electrons. The van der Waals surface area contributed by atoms with Crippen LogP contribution in [0.25, 0.3) is 0 Å². The molecule has 8 heteroatoms. The number of hydrazone groups is 1. The van der Waals surface area contributed by atoms with E-state index >= 15 is 0 Å². The molecule has 2 rings (SSSR count). The zero-order valence-corrected chi connectivity index (χ0v) is 18.2. The van der Waals surface area contributed by atoms with Gasteiger partial charge in [0.1, 0.15) is 6.61 Å². The first-order valence-corrected chi connectivity index (χ1v) is 10.0. The highest BCUT2D eigenvalue weighted by atomic mass is 79.9. The van der Waals surface area contributed by atoms with E-state index in [1.165, 1.54) is 0 Å². The smallest absolute Gasteiger partial charge is 0.186 e. The van der Waals surface area contributed by atoms with Gasteiger partial charge in [0, 0.05) is 11.0 Å². The van der Waals surface area contributed by atoms with E-state index in [4.69, 9.17) is 33.3 Å². The second-order valence-corrected chi connectivity index (χ2v) is 7.14. The summed E-state index contributed by atoms with van der Waals surface area (Å²) in [5.74, 6) is 1.08. The van der Waals surface area contributed by atoms with Crippen molar-refractivity contribution in [3.05, 3.63) is 57.0 Å². The summed E-state index contributed by atoms with van der Waals surface area (Å²) in [6.07, 6.45) is 1.62. The van der Waals surface area contributed by atoms with E-state index in [2.05, 4.69) is 31.8 Å². The summed E-state index contributed by atoms with van der Waals surface area (Å²) in [4.78, 5) is 0. The van der Waals surface area contributed by atoms with Crippen LogP contribution in [0.15, 0.2) is 46.0 Å². The van der Waals surface area contributed by atoms with E-state index in [1.807, 2.05) is 44.2 Å². The fourth-order valence-corrected chi connectivity index (χ4v) is 2.90. The maximum absolute atomic E-state index is 6.42. The van der Waals surface area contributed by atoms with E-state index in [9.17, 15) is 0 Å². The first kappa shape index (κ1) is 21.5. The summed E-state index contributed by atoms with van der Waals surface area (Å²) in [5.41, 5.74) is 4.54. The molecule has 5 nitrogen and oxygen atoms in total. The van der Waals surface area contributed by atoms with Crippen molar-refractivity contribution in [2.75, 3.05) is 13.2 Å². The quantitative estimate of drug-likeness (QED) is 0.326. The number of nitrogens with one attached hydrogen (secondary N) is 2. The molecule has 2 aromatic carbocycles. The number of rotatable bonds is 8. The van der Waals surface area contributed by atoms with E-state index in [1.54, 1.807) is 12.3 Å². The second kappa shape index (κ2) is 11.1. The molecule has 27 heavy (non-hydrogen) atoms. The average Bonchev–Trinajstić information content (AvgIpc) is 2.63. The Morgan fingerprint density at radius 2 is 1.96 bits per heavy atom. The molecule has 0 unspecified atom stereocenters. The van der Waals surface area contributed by atoms with Crippen molar-refractivity contribution >= 4 is 51.1 Å². The Labute approximate surface area is 178 Å². The molecule has 0 spiro atoms. The van der Waals surface area contributed by atoms with E-state index in [0.717, 1.165) is 22.1 Å². The lowest BCUT2D eigenvalue weighted by atomic mass is 10.2. The van der Waals surface area contributed by atoms with Crippen LogP contribution < -0.4 is 20.2 Å². The molecule has 0 amide bonds. The third-order valence-corrected chi connectivity index (χ3v) is 4.39. The van der Waals surface area contributed by atoms with Crippen LogP contribution in [0.3, 0.4) is 0 Å². The van der Waals surface area contributed by atoms with Crippen LogP contribution in [-0.2, 0) is 6.61 Å². The lowest BCUT2D eigenvalue weighted by Gasteiger charge is -2.14. The standard InChI is InChI=1S/C19H21BrClN3O2S/c1-3-22-19(27)24-23-11-14-9-16(21)18(17(10-14)25-4-2)26-12-13-5-7-15(20)8-6-13/h5-11H,3-4,12H2,1-2H3,(H2,22,24,27). The number of nitrogens with zero attached hydrogens (tertiary/aromatic N) is 1. The monoisotopic (exact) mass is 469 g/mol. The van der Waals surface area contributed by atoms with Gasteiger partial charge < -0.3 is 14.8 Å². The van der Waals surface area contributed by atoms with Gasteiger partial charge in [-0.3, -0.25) is 5.43 Å². The van der Waals surface area contributed by atoms with Crippen molar-refractivity contribution in [2.45, 2.75) is 20.5 Å². The van der Waals surface area contributed by atoms with Crippen LogP contribution in [0.5, 0.6) is 11.5 Å². The van der Waals surface area contributed by atoms with Crippen molar-refractivity contribution in [1.29, 1.82) is 0 Å². The first-order valence-electron chi connectivity index (χ1n) is 8.44. The van der Waals surface area contributed by atoms with E-state index < -0.39 is 0 Å². The number of thiocarbonyl (C=S) groups is 1. The normalized spacial score (nSPS) is 10.7. The molecule has 0 saturated carbocycles. The summed E-state index contributed by atoms with van der Waals surface area (Å²) in [6, 6.07) is 11.5. The Balaban J connectivity index is 2.13. The van der Waals surface area contributed by atoms with Crippen LogP contribution in [0, 0.1) is 0 Å². The summed E-state index contributed by atoms with van der Waals surface area (Å²) in [6.45, 7) is 5.47. The van der Waals surface area contributed by atoms with Gasteiger partial charge in [0.25, 0.3) is 0 Å². The number of benzene rings is 2. The van der Waals surface area contributed by atoms with Crippen LogP contribution in [0.4, 0.5) is 0 Å². The lowest BCUT2D eigenvalue weighted by molar-refractivity contribution is 0.269. The molecule has 0 aliphatic heterocycles. The van der Waals surface area contributed by atoms with Crippen molar-refractivity contribution in [3.8, 4) is 11.5 Å². The lowest BCUT2D eigenvalue weighted by Crippen LogP contribution is -2.31. The number of ether oxygens (including phenoxy) is 2.